The molecule has 2 amide bonds. The van der Waals surface area contributed by atoms with Gasteiger partial charge in [0.1, 0.15) is 42.0 Å². The summed E-state index contributed by atoms with van der Waals surface area (Å²) in [5.41, 5.74) is 4.27. The highest BCUT2D eigenvalue weighted by Crippen LogP contribution is 2.61. The molecule has 52 heavy (non-hydrogen) atoms. The maximum absolute atomic E-state index is 12.6. The minimum Gasteiger partial charge on any atom is -0.386 e. The Bertz CT molecular complexity index is 1720. The number of unbranched alkanes of at least 4 members (excludes halogenated alkanes) is 1. The molecular weight excluding hydrogens is 763 g/mol. The smallest absolute Gasteiger partial charge is 0.386 e. The molecule has 1 aliphatic rings. The van der Waals surface area contributed by atoms with E-state index in [1.165, 1.54) is 20.8 Å². The van der Waals surface area contributed by atoms with Crippen LogP contribution in [0.1, 0.15) is 52.7 Å². The number of carbonyl (C=O) groups excluding carboxylic acids is 3. The van der Waals surface area contributed by atoms with Gasteiger partial charge in [0.05, 0.1) is 19.5 Å². The van der Waals surface area contributed by atoms with Gasteiger partial charge < -0.3 is 55.7 Å². The van der Waals surface area contributed by atoms with Crippen molar-refractivity contribution in [3.63, 3.8) is 0 Å². The van der Waals surface area contributed by atoms with Crippen molar-refractivity contribution in [1.29, 1.82) is 0 Å². The number of imidazole rings is 1. The predicted molar refractivity (Wildman–Crippen MR) is 174 cm³/mol. The van der Waals surface area contributed by atoms with Crippen molar-refractivity contribution in [2.45, 2.75) is 77.1 Å². The number of hydrogen-bond donors (Lipinski definition) is 9. The summed E-state index contributed by atoms with van der Waals surface area (Å²) in [6, 6.07) is 0. The van der Waals surface area contributed by atoms with Crippen LogP contribution in [-0.4, -0.2) is 118 Å². The quantitative estimate of drug-likeness (QED) is 0.0549. The number of amides is 2. The second-order valence-corrected chi connectivity index (χ2v) is 16.5. The number of aromatic nitrogens is 4. The van der Waals surface area contributed by atoms with E-state index in [-0.39, 0.29) is 41.6 Å². The van der Waals surface area contributed by atoms with Gasteiger partial charge in [-0.15, -0.1) is 0 Å². The number of hydrogen-bond acceptors (Lipinski definition) is 17. The second kappa shape index (κ2) is 18.0. The molecule has 0 saturated carbocycles. The lowest BCUT2D eigenvalue weighted by Crippen LogP contribution is -2.46. The minimum atomic E-state index is -5.56. The van der Waals surface area contributed by atoms with E-state index >= 15 is 0 Å². The van der Waals surface area contributed by atoms with Crippen molar-refractivity contribution in [3.8, 4) is 0 Å². The lowest BCUT2D eigenvalue weighted by Gasteiger charge is -2.30. The second-order valence-electron chi connectivity index (χ2n) is 12.2. The van der Waals surface area contributed by atoms with E-state index in [0.717, 1.165) is 17.2 Å². The molecule has 24 nitrogen and oxygen atoms in total. The number of ketones is 1. The Morgan fingerprint density at radius 3 is 2.35 bits per heavy atom. The molecule has 2 aromatic rings. The van der Waals surface area contributed by atoms with Gasteiger partial charge in [-0.1, -0.05) is 13.8 Å². The van der Waals surface area contributed by atoms with Crippen molar-refractivity contribution in [2.24, 2.45) is 5.41 Å². The number of fused-ring (bicyclic) bond motifs is 1. The average Bonchev–Trinajstić information content (AvgIpc) is 3.58. The molecule has 0 bridgehead atoms. The van der Waals surface area contributed by atoms with E-state index < -0.39 is 78.6 Å². The van der Waals surface area contributed by atoms with Crippen molar-refractivity contribution in [3.05, 3.63) is 12.7 Å². The van der Waals surface area contributed by atoms with Gasteiger partial charge in [-0.05, 0) is 19.8 Å². The van der Waals surface area contributed by atoms with Gasteiger partial charge in [0.15, 0.2) is 17.7 Å². The third-order valence-electron chi connectivity index (χ3n) is 7.36. The Morgan fingerprint density at radius 1 is 1.02 bits per heavy atom. The van der Waals surface area contributed by atoms with Crippen LogP contribution in [0.2, 0.25) is 0 Å². The summed E-state index contributed by atoms with van der Waals surface area (Å²) in [5.74, 6) is -1.35. The van der Waals surface area contributed by atoms with E-state index in [2.05, 4.69) is 34.4 Å². The maximum Gasteiger partial charge on any atom is 0.481 e. The Kier molecular flexibility index (Phi) is 15.1. The number of nitrogens with two attached hydrogens (primary N) is 1. The number of carbonyl (C=O) groups is 3. The van der Waals surface area contributed by atoms with E-state index in [1.54, 1.807) is 0 Å². The molecule has 10 N–H and O–H groups in total. The first kappa shape index (κ1) is 43.6. The van der Waals surface area contributed by atoms with Gasteiger partial charge in [0.25, 0.3) is 0 Å². The van der Waals surface area contributed by atoms with Crippen molar-refractivity contribution >= 4 is 58.0 Å². The minimum absolute atomic E-state index is 0.0326. The normalized spacial score (nSPS) is 22.4. The van der Waals surface area contributed by atoms with Crippen LogP contribution in [0.15, 0.2) is 12.7 Å². The number of nitrogens with one attached hydrogen (secondary N) is 2. The molecule has 0 radical (unpaired) electrons. The molecule has 0 aliphatic carbocycles. The topological polar surface area (TPSA) is 364 Å². The van der Waals surface area contributed by atoms with Gasteiger partial charge in [0, 0.05) is 31.3 Å². The van der Waals surface area contributed by atoms with Crippen LogP contribution in [0.3, 0.4) is 0 Å². The van der Waals surface area contributed by atoms with Crippen LogP contribution in [0, 0.1) is 5.41 Å². The Balaban J connectivity index is 1.53. The number of ether oxygens (including phenoxy) is 1. The molecule has 2 aromatic heterocycles. The van der Waals surface area contributed by atoms with Gasteiger partial charge in [-0.3, -0.25) is 27.7 Å². The van der Waals surface area contributed by atoms with Gasteiger partial charge >= 0.3 is 23.5 Å². The average molecular weight is 806 g/mol. The van der Waals surface area contributed by atoms with Crippen LogP contribution in [0.25, 0.3) is 11.2 Å². The molecule has 1 aliphatic heterocycles. The lowest BCUT2D eigenvalue weighted by molar-refractivity contribution is -0.137. The fraction of sp³-hybridized carbons (Fsp3) is 0.680. The highest BCUT2D eigenvalue weighted by Gasteiger charge is 2.50. The summed E-state index contributed by atoms with van der Waals surface area (Å²) in [4.78, 5) is 86.1. The molecule has 0 spiro atoms. The van der Waals surface area contributed by atoms with Crippen molar-refractivity contribution in [1.82, 2.24) is 30.2 Å². The zero-order valence-electron chi connectivity index (χ0n) is 28.1. The number of aliphatic hydroxyl groups is 2. The molecule has 27 heteroatoms. The maximum atomic E-state index is 12.6. The SMILES string of the molecule is CC(=O)CCCCNC(=O)CCNC(=O)[C@H](O)C(C)(C)COP(=O)(O)OP(=O)(O)OCC1OC(n2cnc3c(N)ncnc32)C(O)C1OP(=O)(O)O. The molecular formula is C25H42N7O17P3. The third kappa shape index (κ3) is 13.0. The molecule has 3 rings (SSSR count). The number of Topliss-reactive ketones (excluding diaryl/α,β-unsaturated/α-hetero) is 1. The van der Waals surface area contributed by atoms with E-state index in [1.807, 2.05) is 0 Å². The number of rotatable bonds is 21. The first-order chi connectivity index (χ1) is 24.0. The summed E-state index contributed by atoms with van der Waals surface area (Å²) in [6.45, 7) is 2.15. The van der Waals surface area contributed by atoms with Gasteiger partial charge in [-0.2, -0.15) is 4.31 Å². The largest absolute Gasteiger partial charge is 0.481 e. The monoisotopic (exact) mass is 805 g/mol. The molecule has 7 atom stereocenters. The van der Waals surface area contributed by atoms with Crippen LogP contribution in [0.4, 0.5) is 5.82 Å². The molecule has 294 valence electrons. The first-order valence-corrected chi connectivity index (χ1v) is 19.9. The number of aliphatic hydroxyl groups excluding tert-OH is 2. The molecule has 3 heterocycles. The standard InChI is InChI=1S/C25H42N7O17P3/c1-14(33)6-4-5-8-27-16(34)7-9-28-23(37)20(36)25(2,3)11-46-52(43,44)49-51(41,42)45-10-15-19(48-50(38,39)40)18(35)24(47-15)32-13-31-17-21(26)29-12-30-22(17)32/h12-13,15,18-20,24,35-36H,4-11H2,1-3H3,(H,27,34)(H,28,37)(H,41,42)(H,43,44)(H2,26,29,30)(H2,38,39,40)/t15?,18?,19?,20-,24?/m0/s1. The zero-order chi connectivity index (χ0) is 39.1. The number of phosphoric acid groups is 3. The molecule has 1 fully saturated rings. The van der Waals surface area contributed by atoms with Crippen LogP contribution in [0.5, 0.6) is 0 Å². The molecule has 1 saturated heterocycles. The predicted octanol–water partition coefficient (Wildman–Crippen LogP) is -0.836. The lowest BCUT2D eigenvalue weighted by atomic mass is 9.87. The summed E-state index contributed by atoms with van der Waals surface area (Å²) < 4.78 is 61.9. The highest BCUT2D eigenvalue weighted by atomic mass is 31.3. The van der Waals surface area contributed by atoms with Crippen molar-refractivity contribution in [2.75, 3.05) is 32.0 Å². The van der Waals surface area contributed by atoms with E-state index in [9.17, 15) is 57.9 Å². The van der Waals surface area contributed by atoms with Crippen molar-refractivity contribution < 1.29 is 80.5 Å². The number of nitrogen functional groups attached to an aromatic ring is 1. The fourth-order valence-corrected chi connectivity index (χ4v) is 7.50. The summed E-state index contributed by atoms with van der Waals surface area (Å²) >= 11 is 0. The van der Waals surface area contributed by atoms with Gasteiger partial charge in [0.2, 0.25) is 11.8 Å². The molecule has 6 unspecified atom stereocenters. The summed E-state index contributed by atoms with van der Waals surface area (Å²) in [7, 11) is -16.4. The van der Waals surface area contributed by atoms with Crippen LogP contribution < -0.4 is 16.4 Å². The Morgan fingerprint density at radius 2 is 1.69 bits per heavy atom. The zero-order valence-corrected chi connectivity index (χ0v) is 30.8. The Labute approximate surface area is 295 Å². The van der Waals surface area contributed by atoms with Crippen LogP contribution >= 0.6 is 23.5 Å². The fourth-order valence-electron chi connectivity index (χ4n) is 4.67. The van der Waals surface area contributed by atoms with Gasteiger partial charge in [-0.25, -0.2) is 28.6 Å². The number of phosphoric ester groups is 3. The number of anilines is 1. The molecule has 0 aromatic carbocycles. The number of nitrogens with zero attached hydrogens (tertiary/aromatic N) is 4. The summed E-state index contributed by atoms with van der Waals surface area (Å²) in [5, 5.41) is 26.3. The Hall–Kier alpha value is -2.79. The van der Waals surface area contributed by atoms with E-state index in [0.29, 0.717) is 25.8 Å². The summed E-state index contributed by atoms with van der Waals surface area (Å²) in [6.07, 6.45) is -5.23. The van der Waals surface area contributed by atoms with E-state index in [4.69, 9.17) is 19.5 Å². The highest BCUT2D eigenvalue weighted by molar-refractivity contribution is 7.61. The third-order valence-corrected chi connectivity index (χ3v) is 10.5. The van der Waals surface area contributed by atoms with Crippen LogP contribution in [-0.2, 0) is 50.7 Å². The first-order valence-electron chi connectivity index (χ1n) is 15.4.